The number of rotatable bonds is 3. The summed E-state index contributed by atoms with van der Waals surface area (Å²) in [5.74, 6) is 0.938. The molecule has 0 spiro atoms. The third-order valence-corrected chi connectivity index (χ3v) is 4.75. The van der Waals surface area contributed by atoms with Gasteiger partial charge in [-0.1, -0.05) is 43.5 Å². The highest BCUT2D eigenvalue weighted by Crippen LogP contribution is 2.30. The predicted molar refractivity (Wildman–Crippen MR) is 83.9 cm³/mol. The molecule has 106 valence electrons. The van der Waals surface area contributed by atoms with Crippen LogP contribution in [0.1, 0.15) is 62.1 Å². The topological polar surface area (TPSA) is 12.0 Å². The van der Waals surface area contributed by atoms with Gasteiger partial charge < -0.3 is 5.32 Å². The van der Waals surface area contributed by atoms with Crippen molar-refractivity contribution in [3.63, 3.8) is 0 Å². The van der Waals surface area contributed by atoms with Crippen LogP contribution in [0.4, 0.5) is 0 Å². The Balaban J connectivity index is 0.00000133. The third kappa shape index (κ3) is 3.73. The zero-order chi connectivity index (χ0) is 12.2. The minimum absolute atomic E-state index is 0. The Labute approximate surface area is 123 Å². The fourth-order valence-corrected chi connectivity index (χ4v) is 3.67. The summed E-state index contributed by atoms with van der Waals surface area (Å²) >= 11 is 0. The molecule has 19 heavy (non-hydrogen) atoms. The summed E-state index contributed by atoms with van der Waals surface area (Å²) in [6.07, 6.45) is 11.2. The maximum atomic E-state index is 3.85. The summed E-state index contributed by atoms with van der Waals surface area (Å²) in [6.45, 7) is 1.24. The second kappa shape index (κ2) is 7.31. The van der Waals surface area contributed by atoms with Crippen LogP contribution in [0.25, 0.3) is 0 Å². The molecular weight excluding hydrogens is 254 g/mol. The number of halogens is 1. The average Bonchev–Trinajstić information content (AvgIpc) is 2.46. The fraction of sp³-hybridized carbons (Fsp3) is 0.647. The highest BCUT2D eigenvalue weighted by molar-refractivity contribution is 5.85. The van der Waals surface area contributed by atoms with E-state index in [1.54, 1.807) is 11.1 Å². The molecule has 0 amide bonds. The molecule has 1 aromatic carbocycles. The molecule has 1 atom stereocenters. The van der Waals surface area contributed by atoms with Gasteiger partial charge in [0.2, 0.25) is 0 Å². The molecule has 2 aliphatic rings. The van der Waals surface area contributed by atoms with Crippen LogP contribution < -0.4 is 5.32 Å². The van der Waals surface area contributed by atoms with Crippen molar-refractivity contribution in [1.29, 1.82) is 0 Å². The van der Waals surface area contributed by atoms with Gasteiger partial charge in [-0.3, -0.25) is 0 Å². The van der Waals surface area contributed by atoms with Crippen molar-refractivity contribution < 1.29 is 0 Å². The first-order valence-electron chi connectivity index (χ1n) is 7.74. The lowest BCUT2D eigenvalue weighted by Crippen LogP contribution is -2.30. The second-order valence-corrected chi connectivity index (χ2v) is 6.06. The van der Waals surface area contributed by atoms with E-state index in [1.165, 1.54) is 57.9 Å². The van der Waals surface area contributed by atoms with Gasteiger partial charge in [0.05, 0.1) is 0 Å². The van der Waals surface area contributed by atoms with Crippen LogP contribution >= 0.6 is 12.4 Å². The molecule has 0 heterocycles. The Bertz CT molecular complexity index is 385. The number of aryl methyl sites for hydroxylation is 1. The van der Waals surface area contributed by atoms with E-state index < -0.39 is 0 Å². The van der Waals surface area contributed by atoms with Gasteiger partial charge in [-0.15, -0.1) is 12.4 Å². The number of fused-ring (bicyclic) bond motifs is 1. The first-order valence-corrected chi connectivity index (χ1v) is 7.74. The van der Waals surface area contributed by atoms with Crippen molar-refractivity contribution in [1.82, 2.24) is 5.32 Å². The molecule has 1 nitrogen and oxygen atoms in total. The van der Waals surface area contributed by atoms with Crippen molar-refractivity contribution in [3.8, 4) is 0 Å². The zero-order valence-electron chi connectivity index (χ0n) is 11.7. The van der Waals surface area contributed by atoms with Gasteiger partial charge in [0.1, 0.15) is 0 Å². The molecule has 0 saturated heterocycles. The number of hydrogen-bond donors (Lipinski definition) is 1. The minimum atomic E-state index is 0. The normalized spacial score (nSPS) is 23.5. The summed E-state index contributed by atoms with van der Waals surface area (Å²) in [5.41, 5.74) is 3.14. The smallest absolute Gasteiger partial charge is 0.0323 e. The lowest BCUT2D eigenvalue weighted by molar-refractivity contribution is 0.319. The second-order valence-electron chi connectivity index (χ2n) is 6.06. The van der Waals surface area contributed by atoms with Gasteiger partial charge in [0.15, 0.2) is 0 Å². The van der Waals surface area contributed by atoms with Crippen LogP contribution in [0.15, 0.2) is 24.3 Å². The molecule has 1 unspecified atom stereocenters. The van der Waals surface area contributed by atoms with Crippen LogP contribution in [0.2, 0.25) is 0 Å². The first kappa shape index (κ1) is 14.9. The standard InChI is InChI=1S/C17H25N.ClH/c1-2-7-14(8-3-1)13-18-17-12-6-10-15-9-4-5-11-16(15)17;/h4-5,9,11,14,17-18H,1-3,6-8,10,12-13H2;1H. The van der Waals surface area contributed by atoms with E-state index in [0.29, 0.717) is 6.04 Å². The Hall–Kier alpha value is -0.530. The van der Waals surface area contributed by atoms with Gasteiger partial charge in [-0.05, 0) is 55.7 Å². The van der Waals surface area contributed by atoms with E-state index in [1.807, 2.05) is 0 Å². The molecule has 3 rings (SSSR count). The number of hydrogen-bond acceptors (Lipinski definition) is 1. The molecule has 1 N–H and O–H groups in total. The van der Waals surface area contributed by atoms with E-state index in [9.17, 15) is 0 Å². The number of nitrogens with one attached hydrogen (secondary N) is 1. The summed E-state index contributed by atoms with van der Waals surface area (Å²) in [4.78, 5) is 0. The Morgan fingerprint density at radius 3 is 2.58 bits per heavy atom. The van der Waals surface area contributed by atoms with Crippen molar-refractivity contribution in [2.24, 2.45) is 5.92 Å². The predicted octanol–water partition coefficient (Wildman–Crippen LogP) is 4.66. The van der Waals surface area contributed by atoms with Crippen LogP contribution in [-0.2, 0) is 6.42 Å². The largest absolute Gasteiger partial charge is 0.310 e. The SMILES string of the molecule is Cl.c1ccc2c(c1)CCCC2NCC1CCCCC1. The van der Waals surface area contributed by atoms with Crippen molar-refractivity contribution in [2.45, 2.75) is 57.4 Å². The lowest BCUT2D eigenvalue weighted by Gasteiger charge is -2.29. The maximum absolute atomic E-state index is 3.85. The minimum Gasteiger partial charge on any atom is -0.310 e. The van der Waals surface area contributed by atoms with E-state index in [0.717, 1.165) is 5.92 Å². The van der Waals surface area contributed by atoms with Gasteiger partial charge in [-0.25, -0.2) is 0 Å². The Morgan fingerprint density at radius 2 is 1.74 bits per heavy atom. The number of benzene rings is 1. The summed E-state index contributed by atoms with van der Waals surface area (Å²) in [7, 11) is 0. The van der Waals surface area contributed by atoms with Gasteiger partial charge >= 0.3 is 0 Å². The average molecular weight is 280 g/mol. The van der Waals surface area contributed by atoms with Crippen LogP contribution in [-0.4, -0.2) is 6.54 Å². The van der Waals surface area contributed by atoms with E-state index in [4.69, 9.17) is 0 Å². The van der Waals surface area contributed by atoms with Crippen LogP contribution in [0.3, 0.4) is 0 Å². The highest BCUT2D eigenvalue weighted by atomic mass is 35.5. The van der Waals surface area contributed by atoms with E-state index in [2.05, 4.69) is 29.6 Å². The fourth-order valence-electron chi connectivity index (χ4n) is 3.67. The molecule has 2 heteroatoms. The van der Waals surface area contributed by atoms with Gasteiger partial charge in [0.25, 0.3) is 0 Å². The molecule has 0 aliphatic heterocycles. The van der Waals surface area contributed by atoms with E-state index in [-0.39, 0.29) is 12.4 Å². The van der Waals surface area contributed by atoms with Crippen LogP contribution in [0, 0.1) is 5.92 Å². The zero-order valence-corrected chi connectivity index (χ0v) is 12.6. The quantitative estimate of drug-likeness (QED) is 0.849. The molecule has 2 aliphatic carbocycles. The van der Waals surface area contributed by atoms with Gasteiger partial charge in [-0.2, -0.15) is 0 Å². The lowest BCUT2D eigenvalue weighted by atomic mass is 9.86. The maximum Gasteiger partial charge on any atom is 0.0323 e. The summed E-state index contributed by atoms with van der Waals surface area (Å²) in [6, 6.07) is 9.63. The third-order valence-electron chi connectivity index (χ3n) is 4.75. The van der Waals surface area contributed by atoms with E-state index >= 15 is 0 Å². The molecule has 1 aromatic rings. The molecular formula is C17H26ClN. The van der Waals surface area contributed by atoms with Crippen LogP contribution in [0.5, 0.6) is 0 Å². The van der Waals surface area contributed by atoms with Crippen molar-refractivity contribution in [3.05, 3.63) is 35.4 Å². The molecule has 1 fully saturated rings. The molecule has 1 saturated carbocycles. The highest BCUT2D eigenvalue weighted by Gasteiger charge is 2.21. The summed E-state index contributed by atoms with van der Waals surface area (Å²) in [5, 5.41) is 3.85. The van der Waals surface area contributed by atoms with Crippen molar-refractivity contribution in [2.75, 3.05) is 6.54 Å². The summed E-state index contributed by atoms with van der Waals surface area (Å²) < 4.78 is 0. The van der Waals surface area contributed by atoms with Crippen molar-refractivity contribution >= 4 is 12.4 Å². The Morgan fingerprint density at radius 1 is 0.947 bits per heavy atom. The molecule has 0 aromatic heterocycles. The monoisotopic (exact) mass is 279 g/mol. The first-order chi connectivity index (χ1) is 8.93. The molecule has 0 bridgehead atoms. The Kier molecular flexibility index (Phi) is 5.72. The molecule has 0 radical (unpaired) electrons. The van der Waals surface area contributed by atoms with Gasteiger partial charge in [0, 0.05) is 6.04 Å².